The highest BCUT2D eigenvalue weighted by Crippen LogP contribution is 2.17. The summed E-state index contributed by atoms with van der Waals surface area (Å²) in [7, 11) is 0. The van der Waals surface area contributed by atoms with Crippen LogP contribution in [0.25, 0.3) is 0 Å². The van der Waals surface area contributed by atoms with E-state index in [0.717, 1.165) is 22.5 Å². The van der Waals surface area contributed by atoms with E-state index in [1.54, 1.807) is 19.1 Å². The van der Waals surface area contributed by atoms with Crippen LogP contribution in [0, 0.1) is 13.8 Å². The number of carbonyl (C=O) groups is 2. The Morgan fingerprint density at radius 2 is 1.74 bits per heavy atom. The Balaban J connectivity index is 2.11. The second-order valence-electron chi connectivity index (χ2n) is 7.49. The molecule has 0 fully saturated rings. The molecule has 0 amide bonds. The maximum Gasteiger partial charge on any atom is 0.338 e. The zero-order valence-electron chi connectivity index (χ0n) is 17.0. The average Bonchev–Trinajstić information content (AvgIpc) is 2.82. The molecule has 0 saturated heterocycles. The third-order valence-corrected chi connectivity index (χ3v) is 4.08. The number of hydrogen-bond acceptors (Lipinski definition) is 5. The Morgan fingerprint density at radius 3 is 2.30 bits per heavy atom. The van der Waals surface area contributed by atoms with Crippen LogP contribution in [-0.4, -0.2) is 33.9 Å². The van der Waals surface area contributed by atoms with Crippen LogP contribution < -0.4 is 0 Å². The molecule has 6 nitrogen and oxygen atoms in total. The Hall–Kier alpha value is -2.63. The van der Waals surface area contributed by atoms with E-state index < -0.39 is 5.60 Å². The lowest BCUT2D eigenvalue weighted by Crippen LogP contribution is -2.23. The predicted octanol–water partition coefficient (Wildman–Crippen LogP) is 3.61. The van der Waals surface area contributed by atoms with E-state index in [1.165, 1.54) is 0 Å². The minimum Gasteiger partial charge on any atom is -0.466 e. The molecule has 0 spiro atoms. The summed E-state index contributed by atoms with van der Waals surface area (Å²) in [5.74, 6) is -0.582. The number of hydrogen-bond donors (Lipinski definition) is 0. The fourth-order valence-electron chi connectivity index (χ4n) is 2.76. The molecule has 2 aromatic rings. The summed E-state index contributed by atoms with van der Waals surface area (Å²) in [5.41, 5.74) is 3.68. The number of carbonyl (C=O) groups excluding carboxylic acids is 2. The van der Waals surface area contributed by atoms with Crippen molar-refractivity contribution in [2.45, 2.75) is 60.1 Å². The van der Waals surface area contributed by atoms with E-state index >= 15 is 0 Å². The number of rotatable bonds is 6. The van der Waals surface area contributed by atoms with Gasteiger partial charge in [0.2, 0.25) is 0 Å². The minimum absolute atomic E-state index is 0.225. The molecule has 0 saturated carbocycles. The van der Waals surface area contributed by atoms with E-state index in [9.17, 15) is 9.59 Å². The molecule has 0 N–H and O–H groups in total. The lowest BCUT2D eigenvalue weighted by molar-refractivity contribution is -0.142. The molecule has 0 aliphatic rings. The van der Waals surface area contributed by atoms with Crippen molar-refractivity contribution < 1.29 is 19.1 Å². The van der Waals surface area contributed by atoms with Gasteiger partial charge >= 0.3 is 11.9 Å². The molecule has 0 aliphatic heterocycles. The molecule has 0 radical (unpaired) electrons. The van der Waals surface area contributed by atoms with Crippen LogP contribution in [0.4, 0.5) is 0 Å². The molecule has 0 bridgehead atoms. The molecular formula is C21H28N2O4. The quantitative estimate of drug-likeness (QED) is 0.725. The first-order valence-electron chi connectivity index (χ1n) is 9.11. The van der Waals surface area contributed by atoms with Crippen LogP contribution in [0.3, 0.4) is 0 Å². The van der Waals surface area contributed by atoms with Gasteiger partial charge in [-0.2, -0.15) is 5.10 Å². The van der Waals surface area contributed by atoms with E-state index in [4.69, 9.17) is 9.47 Å². The van der Waals surface area contributed by atoms with Crippen LogP contribution >= 0.6 is 0 Å². The highest BCUT2D eigenvalue weighted by atomic mass is 16.6. The van der Waals surface area contributed by atoms with Crippen LogP contribution in [-0.2, 0) is 27.2 Å². The third kappa shape index (κ3) is 5.67. The van der Waals surface area contributed by atoms with Crippen molar-refractivity contribution in [3.63, 3.8) is 0 Å². The Kier molecular flexibility index (Phi) is 6.41. The van der Waals surface area contributed by atoms with Crippen molar-refractivity contribution in [3.8, 4) is 0 Å². The van der Waals surface area contributed by atoms with Crippen LogP contribution in [0.2, 0.25) is 0 Å². The molecule has 1 heterocycles. The molecule has 0 unspecified atom stereocenters. The largest absolute Gasteiger partial charge is 0.466 e. The van der Waals surface area contributed by atoms with Crippen LogP contribution in [0.1, 0.15) is 60.6 Å². The molecule has 6 heteroatoms. The maximum absolute atomic E-state index is 12.1. The first-order chi connectivity index (χ1) is 12.6. The fourth-order valence-corrected chi connectivity index (χ4v) is 2.76. The Morgan fingerprint density at radius 1 is 1.11 bits per heavy atom. The summed E-state index contributed by atoms with van der Waals surface area (Å²) in [4.78, 5) is 23.9. The molecular weight excluding hydrogens is 344 g/mol. The van der Waals surface area contributed by atoms with Crippen molar-refractivity contribution >= 4 is 11.9 Å². The highest BCUT2D eigenvalue weighted by molar-refractivity contribution is 5.89. The smallest absolute Gasteiger partial charge is 0.338 e. The Labute approximate surface area is 160 Å². The van der Waals surface area contributed by atoms with Gasteiger partial charge in [-0.25, -0.2) is 4.79 Å². The molecule has 27 heavy (non-hydrogen) atoms. The van der Waals surface area contributed by atoms with E-state index in [2.05, 4.69) is 5.10 Å². The van der Waals surface area contributed by atoms with Gasteiger partial charge in [-0.1, -0.05) is 12.1 Å². The summed E-state index contributed by atoms with van der Waals surface area (Å²) >= 11 is 0. The van der Waals surface area contributed by atoms with Gasteiger partial charge in [0.25, 0.3) is 0 Å². The van der Waals surface area contributed by atoms with Crippen molar-refractivity contribution in [1.29, 1.82) is 0 Å². The zero-order chi connectivity index (χ0) is 20.2. The van der Waals surface area contributed by atoms with Gasteiger partial charge in [-0.05, 0) is 59.2 Å². The molecule has 1 aromatic heterocycles. The number of esters is 2. The number of benzene rings is 1. The zero-order valence-corrected chi connectivity index (χ0v) is 17.0. The van der Waals surface area contributed by atoms with Gasteiger partial charge in [0, 0.05) is 11.3 Å². The molecule has 2 rings (SSSR count). The minimum atomic E-state index is -0.519. The second-order valence-corrected chi connectivity index (χ2v) is 7.49. The SMILES string of the molecule is CCOC(=O)Cc1c(C)nn(Cc2ccc(C(=O)OC(C)(C)C)cc2)c1C. The predicted molar refractivity (Wildman–Crippen MR) is 103 cm³/mol. The van der Waals surface area contributed by atoms with Crippen LogP contribution in [0.15, 0.2) is 24.3 Å². The number of nitrogens with zero attached hydrogens (tertiary/aromatic N) is 2. The van der Waals surface area contributed by atoms with Gasteiger partial charge in [0.15, 0.2) is 0 Å². The summed E-state index contributed by atoms with van der Waals surface area (Å²) in [6.07, 6.45) is 0.225. The van der Waals surface area contributed by atoms with Crippen molar-refractivity contribution in [2.24, 2.45) is 0 Å². The fraction of sp³-hybridized carbons (Fsp3) is 0.476. The normalized spacial score (nSPS) is 11.3. The average molecular weight is 372 g/mol. The second kappa shape index (κ2) is 8.37. The molecule has 1 aromatic carbocycles. The van der Waals surface area contributed by atoms with Gasteiger partial charge < -0.3 is 9.47 Å². The molecule has 0 atom stereocenters. The van der Waals surface area contributed by atoms with Crippen molar-refractivity contribution in [2.75, 3.05) is 6.61 Å². The molecule has 146 valence electrons. The highest BCUT2D eigenvalue weighted by Gasteiger charge is 2.18. The first kappa shape index (κ1) is 20.7. The van der Waals surface area contributed by atoms with Crippen LogP contribution in [0.5, 0.6) is 0 Å². The van der Waals surface area contributed by atoms with Gasteiger partial charge in [0.05, 0.1) is 30.8 Å². The lowest BCUT2D eigenvalue weighted by atomic mass is 10.1. The lowest BCUT2D eigenvalue weighted by Gasteiger charge is -2.19. The molecule has 0 aliphatic carbocycles. The van der Waals surface area contributed by atoms with Crippen molar-refractivity contribution in [1.82, 2.24) is 9.78 Å². The standard InChI is InChI=1S/C21H28N2O4/c1-7-26-19(24)12-18-14(2)22-23(15(18)3)13-16-8-10-17(11-9-16)20(25)27-21(4,5)6/h8-11H,7,12-13H2,1-6H3. The van der Waals surface area contributed by atoms with Crippen molar-refractivity contribution in [3.05, 3.63) is 52.3 Å². The van der Waals surface area contributed by atoms with E-state index in [0.29, 0.717) is 18.7 Å². The monoisotopic (exact) mass is 372 g/mol. The summed E-state index contributed by atoms with van der Waals surface area (Å²) in [5, 5.41) is 4.54. The summed E-state index contributed by atoms with van der Waals surface area (Å²) in [6.45, 7) is 12.1. The number of ether oxygens (including phenoxy) is 2. The third-order valence-electron chi connectivity index (χ3n) is 4.08. The first-order valence-corrected chi connectivity index (χ1v) is 9.11. The summed E-state index contributed by atoms with van der Waals surface area (Å²) in [6, 6.07) is 7.30. The summed E-state index contributed by atoms with van der Waals surface area (Å²) < 4.78 is 12.3. The van der Waals surface area contributed by atoms with E-state index in [-0.39, 0.29) is 18.4 Å². The number of aryl methyl sites for hydroxylation is 1. The van der Waals surface area contributed by atoms with Gasteiger partial charge in [0.1, 0.15) is 5.60 Å². The topological polar surface area (TPSA) is 70.4 Å². The number of aromatic nitrogens is 2. The van der Waals surface area contributed by atoms with Gasteiger partial charge in [-0.3, -0.25) is 9.48 Å². The Bertz CT molecular complexity index is 814. The van der Waals surface area contributed by atoms with E-state index in [1.807, 2.05) is 51.4 Å². The maximum atomic E-state index is 12.1. The van der Waals surface area contributed by atoms with Gasteiger partial charge in [-0.15, -0.1) is 0 Å².